The maximum absolute atomic E-state index is 10.7. The quantitative estimate of drug-likeness (QED) is 0.291. The van der Waals surface area contributed by atoms with Crippen LogP contribution in [0.4, 0.5) is 13.2 Å². The van der Waals surface area contributed by atoms with Gasteiger partial charge in [-0.2, -0.15) is 13.2 Å². The van der Waals surface area contributed by atoms with E-state index in [1.165, 1.54) is 37.0 Å². The number of alkyl halides is 3. The zero-order valence-corrected chi connectivity index (χ0v) is 17.0. The maximum atomic E-state index is 10.7. The molecule has 4 nitrogen and oxygen atoms in total. The molecule has 0 aromatic heterocycles. The van der Waals surface area contributed by atoms with E-state index in [-0.39, 0.29) is 0 Å². The molecule has 1 aliphatic heterocycles. The van der Waals surface area contributed by atoms with E-state index in [1.807, 2.05) is 18.2 Å². The number of rotatable bonds is 1. The Morgan fingerprint density at radius 3 is 1.80 bits per heavy atom. The summed E-state index contributed by atoms with van der Waals surface area (Å²) in [5.74, 6) is 6.77. The summed E-state index contributed by atoms with van der Waals surface area (Å²) in [5, 5.41) is 0. The van der Waals surface area contributed by atoms with Crippen LogP contribution in [0.5, 0.6) is 0 Å². The Hall–Kier alpha value is -2.63. The van der Waals surface area contributed by atoms with E-state index in [9.17, 15) is 13.2 Å². The molecule has 0 radical (unpaired) electrons. The van der Waals surface area contributed by atoms with Crippen molar-refractivity contribution in [2.45, 2.75) is 31.2 Å². The summed E-state index contributed by atoms with van der Waals surface area (Å²) >= 11 is 0. The van der Waals surface area contributed by atoms with Crippen molar-refractivity contribution in [2.24, 2.45) is 0 Å². The lowest BCUT2D eigenvalue weighted by molar-refractivity contribution is -0.524. The third kappa shape index (κ3) is 7.65. The Morgan fingerprint density at radius 1 is 0.867 bits per heavy atom. The van der Waals surface area contributed by atoms with Crippen LogP contribution in [-0.4, -0.2) is 41.9 Å². The highest BCUT2D eigenvalue weighted by Crippen LogP contribution is 2.20. The average Bonchev–Trinajstić information content (AvgIpc) is 2.98. The largest absolute Gasteiger partial charge is 0.741 e. The third-order valence-electron chi connectivity index (χ3n) is 4.35. The van der Waals surface area contributed by atoms with Gasteiger partial charge in [-0.25, -0.2) is 13.0 Å². The minimum absolute atomic E-state index is 1.07. The molecule has 0 amide bonds. The van der Waals surface area contributed by atoms with Crippen LogP contribution < -0.4 is 0 Å². The highest BCUT2D eigenvalue weighted by atomic mass is 32.2. The molecule has 0 unspecified atom stereocenters. The summed E-state index contributed by atoms with van der Waals surface area (Å²) in [6.45, 7) is 2.24. The fourth-order valence-electron chi connectivity index (χ4n) is 2.88. The Labute approximate surface area is 174 Å². The van der Waals surface area contributed by atoms with Gasteiger partial charge in [0.25, 0.3) is 5.71 Å². The van der Waals surface area contributed by atoms with Gasteiger partial charge >= 0.3 is 5.51 Å². The summed E-state index contributed by atoms with van der Waals surface area (Å²) in [6, 6.07) is 20.8. The van der Waals surface area contributed by atoms with Gasteiger partial charge in [-0.05, 0) is 37.1 Å². The lowest BCUT2D eigenvalue weighted by Crippen LogP contribution is -2.22. The monoisotopic (exact) mass is 437 g/mol. The molecule has 3 rings (SSSR count). The van der Waals surface area contributed by atoms with Gasteiger partial charge in [0.05, 0.1) is 5.56 Å². The van der Waals surface area contributed by atoms with Crippen LogP contribution in [0.15, 0.2) is 60.7 Å². The Bertz CT molecular complexity index is 996. The van der Waals surface area contributed by atoms with Crippen LogP contribution in [-0.2, 0) is 10.1 Å². The van der Waals surface area contributed by atoms with E-state index in [0.29, 0.717) is 0 Å². The number of benzene rings is 2. The zero-order chi connectivity index (χ0) is 22.0. The molecule has 2 aromatic carbocycles. The number of halogens is 3. The first-order chi connectivity index (χ1) is 14.2. The first-order valence-corrected chi connectivity index (χ1v) is 10.9. The zero-order valence-electron chi connectivity index (χ0n) is 16.2. The normalized spacial score (nSPS) is 14.5. The van der Waals surface area contributed by atoms with Crippen molar-refractivity contribution >= 4 is 15.8 Å². The van der Waals surface area contributed by atoms with E-state index in [2.05, 4.69) is 58.9 Å². The smallest absolute Gasteiger partial charge is 0.485 e. The first-order valence-electron chi connectivity index (χ1n) is 9.45. The predicted octanol–water partition coefficient (Wildman–Crippen LogP) is 4.17. The summed E-state index contributed by atoms with van der Waals surface area (Å²) < 4.78 is 61.4. The van der Waals surface area contributed by atoms with Gasteiger partial charge in [-0.3, -0.25) is 0 Å². The number of hydrogen-bond acceptors (Lipinski definition) is 3. The molecule has 0 aliphatic carbocycles. The van der Waals surface area contributed by atoms with Gasteiger partial charge in [-0.1, -0.05) is 42.3 Å². The van der Waals surface area contributed by atoms with Crippen molar-refractivity contribution in [1.29, 1.82) is 0 Å². The number of nitrogens with zero attached hydrogens (tertiary/aromatic N) is 1. The molecule has 0 atom stereocenters. The number of hydrogen-bond donors (Lipinski definition) is 0. The van der Waals surface area contributed by atoms with Gasteiger partial charge < -0.3 is 4.55 Å². The standard InChI is InChI=1S/C21H22N.CHF3O3S/c1-2-10-18-22(17-9-1)21(20-13-7-4-8-14-20)16-15-19-11-5-3-6-12-19;2-1(3,4)8(5,6)7/h3-8,11-14H,1-2,9-10,17-18H2;(H,5,6,7)/q+1;/p-1. The maximum Gasteiger partial charge on any atom is 0.485 e. The average molecular weight is 437 g/mol. The van der Waals surface area contributed by atoms with Gasteiger partial charge in [0, 0.05) is 24.3 Å². The molecule has 1 heterocycles. The van der Waals surface area contributed by atoms with E-state index >= 15 is 0 Å². The minimum atomic E-state index is -6.09. The van der Waals surface area contributed by atoms with Gasteiger partial charge in [0.1, 0.15) is 13.1 Å². The molecular weight excluding hydrogens is 415 g/mol. The molecule has 1 aliphatic rings. The van der Waals surface area contributed by atoms with Crippen molar-refractivity contribution in [1.82, 2.24) is 0 Å². The van der Waals surface area contributed by atoms with E-state index in [4.69, 9.17) is 13.0 Å². The second-order valence-electron chi connectivity index (χ2n) is 6.63. The third-order valence-corrected chi connectivity index (χ3v) is 4.92. The summed E-state index contributed by atoms with van der Waals surface area (Å²) in [6.07, 6.45) is 5.21. The molecule has 0 saturated carbocycles. The van der Waals surface area contributed by atoms with Crippen LogP contribution in [0.1, 0.15) is 36.8 Å². The second-order valence-corrected chi connectivity index (χ2v) is 8.00. The van der Waals surface area contributed by atoms with Crippen molar-refractivity contribution in [3.63, 3.8) is 0 Å². The van der Waals surface area contributed by atoms with Gasteiger partial charge in [0.15, 0.2) is 10.1 Å². The molecule has 0 N–H and O–H groups in total. The molecule has 1 saturated heterocycles. The molecule has 160 valence electrons. The van der Waals surface area contributed by atoms with Crippen molar-refractivity contribution in [3.05, 3.63) is 71.8 Å². The minimum Gasteiger partial charge on any atom is -0.741 e. The lowest BCUT2D eigenvalue weighted by atomic mass is 10.1. The van der Waals surface area contributed by atoms with Crippen molar-refractivity contribution < 1.29 is 30.7 Å². The topological polar surface area (TPSA) is 60.2 Å². The van der Waals surface area contributed by atoms with E-state index < -0.39 is 15.6 Å². The summed E-state index contributed by atoms with van der Waals surface area (Å²) in [4.78, 5) is 0. The van der Waals surface area contributed by atoms with Crippen LogP contribution in [0.25, 0.3) is 0 Å². The van der Waals surface area contributed by atoms with Crippen LogP contribution in [0.2, 0.25) is 0 Å². The molecule has 2 aromatic rings. The first kappa shape index (κ1) is 23.6. The van der Waals surface area contributed by atoms with Crippen LogP contribution in [0, 0.1) is 11.8 Å². The van der Waals surface area contributed by atoms with Crippen molar-refractivity contribution in [3.8, 4) is 11.8 Å². The molecule has 30 heavy (non-hydrogen) atoms. The van der Waals surface area contributed by atoms with Crippen LogP contribution in [0.3, 0.4) is 0 Å². The van der Waals surface area contributed by atoms with E-state index in [0.717, 1.165) is 18.7 Å². The Kier molecular flexibility index (Phi) is 8.63. The highest BCUT2D eigenvalue weighted by molar-refractivity contribution is 7.86. The SMILES string of the molecule is C(#Cc1ccccc1)C(c1ccccc1)=[N+]1CCCCCC1.O=S(=O)([O-])C(F)(F)F. The fraction of sp³-hybridized carbons (Fsp3) is 0.318. The van der Waals surface area contributed by atoms with Crippen molar-refractivity contribution in [2.75, 3.05) is 13.1 Å². The molecule has 8 heteroatoms. The van der Waals surface area contributed by atoms with Gasteiger partial charge in [-0.15, -0.1) is 0 Å². The molecule has 1 fully saturated rings. The predicted molar refractivity (Wildman–Crippen MR) is 108 cm³/mol. The fourth-order valence-corrected chi connectivity index (χ4v) is 2.88. The Balaban J connectivity index is 0.000000343. The molecule has 0 spiro atoms. The van der Waals surface area contributed by atoms with Gasteiger partial charge in [0.2, 0.25) is 0 Å². The highest BCUT2D eigenvalue weighted by Gasteiger charge is 2.36. The Morgan fingerprint density at radius 2 is 1.33 bits per heavy atom. The summed E-state index contributed by atoms with van der Waals surface area (Å²) in [5.41, 5.74) is -2.17. The van der Waals surface area contributed by atoms with E-state index in [1.54, 1.807) is 0 Å². The summed E-state index contributed by atoms with van der Waals surface area (Å²) in [7, 11) is -6.09. The lowest BCUT2D eigenvalue weighted by Gasteiger charge is -2.08. The second kappa shape index (κ2) is 11.0. The van der Waals surface area contributed by atoms with Crippen LogP contribution >= 0.6 is 0 Å². The molecule has 0 bridgehead atoms. The molecular formula is C22H22F3NO3S.